The van der Waals surface area contributed by atoms with E-state index in [9.17, 15) is 8.42 Å². The Hall–Kier alpha value is -0.440. The van der Waals surface area contributed by atoms with Crippen molar-refractivity contribution in [3.8, 4) is 0 Å². The topological polar surface area (TPSA) is 102 Å². The molecule has 1 atom stereocenters. The van der Waals surface area contributed by atoms with Gasteiger partial charge in [-0.2, -0.15) is 8.42 Å². The highest BCUT2D eigenvalue weighted by atomic mass is 32.3. The fourth-order valence-electron chi connectivity index (χ4n) is 0.500. The molecule has 0 aliphatic rings. The molecule has 0 aliphatic carbocycles. The molecule has 4 N–H and O–H groups in total. The Morgan fingerprint density at radius 1 is 1.83 bits per heavy atom. The summed E-state index contributed by atoms with van der Waals surface area (Å²) in [7, 11) is -4.46. The van der Waals surface area contributed by atoms with Gasteiger partial charge in [-0.1, -0.05) is 6.92 Å². The van der Waals surface area contributed by atoms with Crippen molar-refractivity contribution < 1.29 is 17.2 Å². The van der Waals surface area contributed by atoms with Crippen LogP contribution >= 0.6 is 12.2 Å². The van der Waals surface area contributed by atoms with Gasteiger partial charge in [0, 0.05) is 0 Å². The van der Waals surface area contributed by atoms with Crippen molar-refractivity contribution in [2.75, 3.05) is 0 Å². The molecule has 0 fully saturated rings. The SMILES string of the molecule is CCC(NC(N)=S)OS(=O)(=O)O. The lowest BCUT2D eigenvalue weighted by Crippen LogP contribution is -2.40. The minimum atomic E-state index is -4.46. The maximum Gasteiger partial charge on any atom is 0.399 e. The van der Waals surface area contributed by atoms with E-state index in [1.807, 2.05) is 0 Å². The third-order valence-electron chi connectivity index (χ3n) is 0.912. The molecule has 0 saturated heterocycles. The molecule has 0 amide bonds. The molecule has 1 unspecified atom stereocenters. The van der Waals surface area contributed by atoms with Crippen molar-refractivity contribution in [2.45, 2.75) is 19.6 Å². The van der Waals surface area contributed by atoms with E-state index in [2.05, 4.69) is 21.7 Å². The van der Waals surface area contributed by atoms with Crippen molar-refractivity contribution in [1.29, 1.82) is 0 Å². The van der Waals surface area contributed by atoms with Gasteiger partial charge in [0.25, 0.3) is 0 Å². The van der Waals surface area contributed by atoms with Crippen molar-refractivity contribution in [3.63, 3.8) is 0 Å². The van der Waals surface area contributed by atoms with E-state index in [0.717, 1.165) is 0 Å². The van der Waals surface area contributed by atoms with Gasteiger partial charge in [0.2, 0.25) is 0 Å². The Morgan fingerprint density at radius 3 is 2.58 bits per heavy atom. The van der Waals surface area contributed by atoms with Gasteiger partial charge in [0.15, 0.2) is 5.11 Å². The lowest BCUT2D eigenvalue weighted by atomic mass is 10.4. The van der Waals surface area contributed by atoms with Crippen LogP contribution in [-0.2, 0) is 14.6 Å². The Bertz CT molecular complexity index is 250. The molecule has 0 aliphatic heterocycles. The minimum Gasteiger partial charge on any atom is -0.376 e. The van der Waals surface area contributed by atoms with Gasteiger partial charge in [0.1, 0.15) is 6.23 Å². The third-order valence-corrected chi connectivity index (χ3v) is 1.51. The first-order valence-electron chi connectivity index (χ1n) is 3.07. The van der Waals surface area contributed by atoms with E-state index in [4.69, 9.17) is 10.3 Å². The Labute approximate surface area is 76.0 Å². The molecule has 0 aromatic rings. The number of hydrogen-bond donors (Lipinski definition) is 3. The Kier molecular flexibility index (Phi) is 4.39. The van der Waals surface area contributed by atoms with E-state index in [0.29, 0.717) is 6.42 Å². The molecule has 0 bridgehead atoms. The predicted molar refractivity (Wildman–Crippen MR) is 46.6 cm³/mol. The molecule has 0 rings (SSSR count). The minimum absolute atomic E-state index is 0.0921. The summed E-state index contributed by atoms with van der Waals surface area (Å²) in [6.45, 7) is 1.64. The normalized spacial score (nSPS) is 13.8. The summed E-state index contributed by atoms with van der Waals surface area (Å²) in [6.07, 6.45) is -0.616. The van der Waals surface area contributed by atoms with Gasteiger partial charge in [-0.15, -0.1) is 0 Å². The van der Waals surface area contributed by atoms with Crippen LogP contribution < -0.4 is 11.1 Å². The summed E-state index contributed by atoms with van der Waals surface area (Å²) in [4.78, 5) is 0. The maximum absolute atomic E-state index is 10.2. The summed E-state index contributed by atoms with van der Waals surface area (Å²) in [6, 6.07) is 0. The lowest BCUT2D eigenvalue weighted by Gasteiger charge is -2.14. The zero-order chi connectivity index (χ0) is 9.78. The van der Waals surface area contributed by atoms with Crippen LogP contribution in [0.4, 0.5) is 0 Å². The molecule has 72 valence electrons. The van der Waals surface area contributed by atoms with E-state index >= 15 is 0 Å². The molecule has 8 heteroatoms. The second kappa shape index (κ2) is 4.55. The van der Waals surface area contributed by atoms with Crippen LogP contribution in [0, 0.1) is 0 Å². The van der Waals surface area contributed by atoms with E-state index < -0.39 is 16.6 Å². The first-order chi connectivity index (χ1) is 5.35. The molecule has 0 heterocycles. The van der Waals surface area contributed by atoms with Crippen molar-refractivity contribution >= 4 is 27.7 Å². The molecule has 0 aromatic heterocycles. The zero-order valence-corrected chi connectivity index (χ0v) is 7.98. The van der Waals surface area contributed by atoms with Crippen molar-refractivity contribution in [2.24, 2.45) is 5.73 Å². The summed E-state index contributed by atoms with van der Waals surface area (Å²) < 4.78 is 32.8. The Balaban J connectivity index is 4.10. The van der Waals surface area contributed by atoms with E-state index in [-0.39, 0.29) is 5.11 Å². The van der Waals surface area contributed by atoms with E-state index in [1.165, 1.54) is 0 Å². The monoisotopic (exact) mass is 214 g/mol. The molecule has 0 aromatic carbocycles. The second-order valence-corrected chi connectivity index (χ2v) is 3.42. The van der Waals surface area contributed by atoms with Crippen molar-refractivity contribution in [1.82, 2.24) is 5.32 Å². The molecule has 6 nitrogen and oxygen atoms in total. The number of nitrogens with two attached hydrogens (primary N) is 1. The highest BCUT2D eigenvalue weighted by Crippen LogP contribution is 1.97. The summed E-state index contributed by atoms with van der Waals surface area (Å²) in [5.41, 5.74) is 5.05. The van der Waals surface area contributed by atoms with Crippen molar-refractivity contribution in [3.05, 3.63) is 0 Å². The molecule has 0 saturated carbocycles. The van der Waals surface area contributed by atoms with Gasteiger partial charge in [0.05, 0.1) is 0 Å². The first kappa shape index (κ1) is 11.6. The summed E-state index contributed by atoms with van der Waals surface area (Å²) >= 11 is 4.44. The number of rotatable bonds is 4. The van der Waals surface area contributed by atoms with Gasteiger partial charge in [-0.25, -0.2) is 4.18 Å². The molecule has 0 spiro atoms. The van der Waals surface area contributed by atoms with Crippen LogP contribution in [0.2, 0.25) is 0 Å². The standard InChI is InChI=1S/C4H10N2O4S2/c1-2-3(6-4(5)11)10-12(7,8)9/h3H,2H2,1H3,(H3,5,6,11)(H,7,8,9). The fourth-order valence-corrected chi connectivity index (χ4v) is 1.11. The smallest absolute Gasteiger partial charge is 0.376 e. The Morgan fingerprint density at radius 2 is 2.33 bits per heavy atom. The number of nitrogens with one attached hydrogen (secondary N) is 1. The number of thiocarbonyl (C=S) groups is 1. The third kappa shape index (κ3) is 6.28. The van der Waals surface area contributed by atoms with Crippen LogP contribution in [0.5, 0.6) is 0 Å². The quantitative estimate of drug-likeness (QED) is 0.325. The highest BCUT2D eigenvalue weighted by Gasteiger charge is 2.14. The van der Waals surface area contributed by atoms with Crippen LogP contribution in [0.15, 0.2) is 0 Å². The predicted octanol–water partition coefficient (Wildman–Crippen LogP) is -0.625. The van der Waals surface area contributed by atoms with Gasteiger partial charge in [-0.05, 0) is 18.6 Å². The average Bonchev–Trinajstić information content (AvgIpc) is 1.82. The van der Waals surface area contributed by atoms with Crippen LogP contribution in [0.3, 0.4) is 0 Å². The largest absolute Gasteiger partial charge is 0.399 e. The molecular formula is C4H10N2O4S2. The molecule has 12 heavy (non-hydrogen) atoms. The summed E-state index contributed by atoms with van der Waals surface area (Å²) in [5, 5.41) is 2.24. The highest BCUT2D eigenvalue weighted by molar-refractivity contribution is 7.81. The van der Waals surface area contributed by atoms with Gasteiger partial charge >= 0.3 is 10.4 Å². The molecule has 0 radical (unpaired) electrons. The maximum atomic E-state index is 10.2. The van der Waals surface area contributed by atoms with E-state index in [1.54, 1.807) is 6.92 Å². The molecular weight excluding hydrogens is 204 g/mol. The lowest BCUT2D eigenvalue weighted by molar-refractivity contribution is 0.165. The first-order valence-corrected chi connectivity index (χ1v) is 4.84. The average molecular weight is 214 g/mol. The number of hydrogen-bond acceptors (Lipinski definition) is 4. The fraction of sp³-hybridized carbons (Fsp3) is 0.750. The van der Waals surface area contributed by atoms with Crippen LogP contribution in [0.25, 0.3) is 0 Å². The second-order valence-electron chi connectivity index (χ2n) is 1.93. The van der Waals surface area contributed by atoms with Crippen LogP contribution in [0.1, 0.15) is 13.3 Å². The van der Waals surface area contributed by atoms with Gasteiger partial charge < -0.3 is 11.1 Å². The summed E-state index contributed by atoms with van der Waals surface area (Å²) in [5.74, 6) is 0. The zero-order valence-electron chi connectivity index (χ0n) is 6.35. The van der Waals surface area contributed by atoms with Gasteiger partial charge in [-0.3, -0.25) is 4.55 Å². The van der Waals surface area contributed by atoms with Crippen LogP contribution in [-0.4, -0.2) is 24.3 Å².